The number of nitrogens with zero attached hydrogens (tertiary/aromatic N) is 1. The van der Waals surface area contributed by atoms with Gasteiger partial charge in [0.25, 0.3) is 0 Å². The van der Waals surface area contributed by atoms with Crippen molar-refractivity contribution in [1.82, 2.24) is 4.90 Å². The molecule has 24 heavy (non-hydrogen) atoms. The Labute approximate surface area is 144 Å². The van der Waals surface area contributed by atoms with Gasteiger partial charge in [-0.3, -0.25) is 4.90 Å². The zero-order chi connectivity index (χ0) is 16.8. The van der Waals surface area contributed by atoms with E-state index in [2.05, 4.69) is 36.1 Å². The predicted octanol–water partition coefficient (Wildman–Crippen LogP) is 3.64. The van der Waals surface area contributed by atoms with Gasteiger partial charge >= 0.3 is 0 Å². The summed E-state index contributed by atoms with van der Waals surface area (Å²) >= 11 is 0. The molecule has 0 spiro atoms. The number of aliphatic hydroxyl groups excluding tert-OH is 1. The Bertz CT molecular complexity index is 556. The molecule has 2 atom stereocenters. The molecule has 0 radical (unpaired) electrons. The number of aliphatic hydroxyl groups is 1. The van der Waals surface area contributed by atoms with E-state index in [4.69, 9.17) is 4.74 Å². The Kier molecular flexibility index (Phi) is 6.02. The molecule has 0 bridgehead atoms. The molecule has 1 aliphatic heterocycles. The third-order valence-electron chi connectivity index (χ3n) is 4.91. The van der Waals surface area contributed by atoms with Crippen molar-refractivity contribution in [2.75, 3.05) is 19.7 Å². The zero-order valence-electron chi connectivity index (χ0n) is 14.3. The smallest absolute Gasteiger partial charge is 0.108 e. The van der Waals surface area contributed by atoms with Crippen LogP contribution in [0.4, 0.5) is 0 Å². The number of hydrogen-bond donors (Lipinski definition) is 1. The molecule has 0 unspecified atom stereocenters. The van der Waals surface area contributed by atoms with Gasteiger partial charge < -0.3 is 9.84 Å². The molecule has 0 saturated carbocycles. The van der Waals surface area contributed by atoms with Gasteiger partial charge in [0.2, 0.25) is 0 Å². The van der Waals surface area contributed by atoms with E-state index in [1.54, 1.807) is 0 Å². The molecule has 3 heteroatoms. The van der Waals surface area contributed by atoms with Gasteiger partial charge in [-0.1, -0.05) is 60.7 Å². The molecule has 2 aromatic rings. The molecule has 128 valence electrons. The fourth-order valence-electron chi connectivity index (χ4n) is 3.37. The topological polar surface area (TPSA) is 32.7 Å². The lowest BCUT2D eigenvalue weighted by molar-refractivity contribution is -0.0276. The molecule has 1 heterocycles. The van der Waals surface area contributed by atoms with Gasteiger partial charge in [-0.05, 0) is 44.0 Å². The fourth-order valence-corrected chi connectivity index (χ4v) is 3.37. The van der Waals surface area contributed by atoms with Crippen LogP contribution in [0.3, 0.4) is 0 Å². The number of ether oxygens (including phenoxy) is 1. The first-order valence-electron chi connectivity index (χ1n) is 8.89. The van der Waals surface area contributed by atoms with E-state index >= 15 is 0 Å². The summed E-state index contributed by atoms with van der Waals surface area (Å²) < 4.78 is 6.18. The summed E-state index contributed by atoms with van der Waals surface area (Å²) in [5.41, 5.74) is 2.23. The van der Waals surface area contributed by atoms with Crippen LogP contribution in [0.25, 0.3) is 0 Å². The van der Waals surface area contributed by atoms with Crippen molar-refractivity contribution in [2.45, 2.75) is 38.0 Å². The molecule has 0 aliphatic carbocycles. The summed E-state index contributed by atoms with van der Waals surface area (Å²) in [6.07, 6.45) is 1.84. The summed E-state index contributed by atoms with van der Waals surface area (Å²) in [5.74, 6) is 0. The molecule has 2 aromatic carbocycles. The molecule has 0 amide bonds. The second-order valence-corrected chi connectivity index (χ2v) is 6.59. The summed E-state index contributed by atoms with van der Waals surface area (Å²) in [6.45, 7) is 4.60. The van der Waals surface area contributed by atoms with Crippen molar-refractivity contribution in [1.29, 1.82) is 0 Å². The van der Waals surface area contributed by atoms with Crippen LogP contribution in [0, 0.1) is 0 Å². The highest BCUT2D eigenvalue weighted by atomic mass is 16.5. The van der Waals surface area contributed by atoms with Crippen LogP contribution in [-0.4, -0.2) is 41.8 Å². The number of benzene rings is 2. The Hall–Kier alpha value is -1.68. The summed E-state index contributed by atoms with van der Waals surface area (Å²) in [6, 6.07) is 20.6. The summed E-state index contributed by atoms with van der Waals surface area (Å²) in [7, 11) is 0. The van der Waals surface area contributed by atoms with E-state index in [9.17, 15) is 5.11 Å². The van der Waals surface area contributed by atoms with Gasteiger partial charge in [0.05, 0.1) is 12.7 Å². The third-order valence-corrected chi connectivity index (χ3v) is 4.91. The van der Waals surface area contributed by atoms with Gasteiger partial charge in [-0.15, -0.1) is 0 Å². The minimum atomic E-state index is -0.474. The lowest BCUT2D eigenvalue weighted by Gasteiger charge is -2.29. The van der Waals surface area contributed by atoms with Crippen LogP contribution in [0.1, 0.15) is 37.0 Å². The van der Waals surface area contributed by atoms with E-state index in [0.717, 1.165) is 24.2 Å². The first-order valence-corrected chi connectivity index (χ1v) is 8.89. The van der Waals surface area contributed by atoms with Crippen LogP contribution >= 0.6 is 0 Å². The van der Waals surface area contributed by atoms with E-state index in [0.29, 0.717) is 6.61 Å². The van der Waals surface area contributed by atoms with Crippen molar-refractivity contribution in [3.63, 3.8) is 0 Å². The largest absolute Gasteiger partial charge is 0.389 e. The Morgan fingerprint density at radius 2 is 1.42 bits per heavy atom. The van der Waals surface area contributed by atoms with Crippen LogP contribution in [0.2, 0.25) is 0 Å². The van der Waals surface area contributed by atoms with Gasteiger partial charge in [0, 0.05) is 6.04 Å². The fraction of sp³-hybridized carbons (Fsp3) is 0.429. The average molecular weight is 325 g/mol. The maximum atomic E-state index is 10.6. The van der Waals surface area contributed by atoms with Crippen LogP contribution < -0.4 is 0 Å². The van der Waals surface area contributed by atoms with Crippen LogP contribution in [0.5, 0.6) is 0 Å². The summed E-state index contributed by atoms with van der Waals surface area (Å²) in [5, 5.41) is 10.6. The van der Waals surface area contributed by atoms with Gasteiger partial charge in [-0.2, -0.15) is 0 Å². The Morgan fingerprint density at radius 1 is 0.917 bits per heavy atom. The standard InChI is InChI=1S/C21H27NO2/c1-17(22-14-8-9-15-22)20(23)16-24-21(18-10-4-2-5-11-18)19-12-6-3-7-13-19/h2-7,10-13,17,20-21,23H,8-9,14-16H2,1H3/t17-,20+/m0/s1. The molecule has 3 nitrogen and oxygen atoms in total. The quantitative estimate of drug-likeness (QED) is 0.843. The molecular weight excluding hydrogens is 298 g/mol. The molecule has 1 fully saturated rings. The summed E-state index contributed by atoms with van der Waals surface area (Å²) in [4.78, 5) is 2.36. The van der Waals surface area contributed by atoms with Crippen LogP contribution in [0.15, 0.2) is 60.7 Å². The van der Waals surface area contributed by atoms with E-state index in [-0.39, 0.29) is 12.1 Å². The maximum Gasteiger partial charge on any atom is 0.108 e. The van der Waals surface area contributed by atoms with Crippen LogP contribution in [-0.2, 0) is 4.74 Å². The van der Waals surface area contributed by atoms with E-state index in [1.165, 1.54) is 12.8 Å². The average Bonchev–Trinajstić information content (AvgIpc) is 3.17. The normalized spacial score (nSPS) is 18.0. The lowest BCUT2D eigenvalue weighted by atomic mass is 10.0. The van der Waals surface area contributed by atoms with Crippen molar-refractivity contribution in [2.24, 2.45) is 0 Å². The third kappa shape index (κ3) is 4.23. The van der Waals surface area contributed by atoms with Crippen molar-refractivity contribution < 1.29 is 9.84 Å². The maximum absolute atomic E-state index is 10.6. The van der Waals surface area contributed by atoms with E-state index < -0.39 is 6.10 Å². The minimum Gasteiger partial charge on any atom is -0.389 e. The van der Waals surface area contributed by atoms with Crippen molar-refractivity contribution >= 4 is 0 Å². The molecule has 1 saturated heterocycles. The number of rotatable bonds is 7. The second kappa shape index (κ2) is 8.43. The SMILES string of the molecule is C[C@@H]([C@H](O)COC(c1ccccc1)c1ccccc1)N1CCCC1. The van der Waals surface area contributed by atoms with Crippen molar-refractivity contribution in [3.05, 3.63) is 71.8 Å². The van der Waals surface area contributed by atoms with Gasteiger partial charge in [0.15, 0.2) is 0 Å². The first-order chi connectivity index (χ1) is 11.8. The van der Waals surface area contributed by atoms with Gasteiger partial charge in [-0.25, -0.2) is 0 Å². The van der Waals surface area contributed by atoms with E-state index in [1.807, 2.05) is 36.4 Å². The highest BCUT2D eigenvalue weighted by molar-refractivity contribution is 5.29. The van der Waals surface area contributed by atoms with Gasteiger partial charge in [0.1, 0.15) is 6.10 Å². The second-order valence-electron chi connectivity index (χ2n) is 6.59. The first kappa shape index (κ1) is 17.2. The molecular formula is C21H27NO2. The number of hydrogen-bond acceptors (Lipinski definition) is 3. The highest BCUT2D eigenvalue weighted by Gasteiger charge is 2.25. The molecule has 1 aliphatic rings. The zero-order valence-corrected chi connectivity index (χ0v) is 14.3. The highest BCUT2D eigenvalue weighted by Crippen LogP contribution is 2.26. The Balaban J connectivity index is 1.68. The van der Waals surface area contributed by atoms with Crippen molar-refractivity contribution in [3.8, 4) is 0 Å². The molecule has 3 rings (SSSR count). The number of likely N-dealkylation sites (tertiary alicyclic amines) is 1. The monoisotopic (exact) mass is 325 g/mol. The molecule has 0 aromatic heterocycles. The minimum absolute atomic E-state index is 0.139. The molecule has 1 N–H and O–H groups in total. The Morgan fingerprint density at radius 3 is 1.92 bits per heavy atom. The lowest BCUT2D eigenvalue weighted by Crippen LogP contribution is -2.42. The predicted molar refractivity (Wildman–Crippen MR) is 97.0 cm³/mol.